The van der Waals surface area contributed by atoms with Gasteiger partial charge in [0.15, 0.2) is 0 Å². The molecule has 1 saturated carbocycles. The van der Waals surface area contributed by atoms with Gasteiger partial charge in [-0.25, -0.2) is 8.42 Å². The summed E-state index contributed by atoms with van der Waals surface area (Å²) in [5.74, 6) is 1.14. The van der Waals surface area contributed by atoms with Crippen LogP contribution in [0.5, 0.6) is 0 Å². The normalized spacial score (nSPS) is 23.0. The minimum absolute atomic E-state index is 0.0592. The van der Waals surface area contributed by atoms with Crippen LogP contribution in [0.15, 0.2) is 18.2 Å². The van der Waals surface area contributed by atoms with Crippen molar-refractivity contribution in [2.75, 3.05) is 36.2 Å². The summed E-state index contributed by atoms with van der Waals surface area (Å²) in [7, 11) is -3.19. The second kappa shape index (κ2) is 7.43. The third-order valence-corrected chi connectivity index (χ3v) is 7.87. The maximum atomic E-state index is 12.9. The minimum Gasteiger partial charge on any atom is -0.339 e. The Kier molecular flexibility index (Phi) is 5.16. The number of carbonyl (C=O) groups is 1. The Morgan fingerprint density at radius 3 is 2.48 bits per heavy atom. The lowest BCUT2D eigenvalue weighted by Gasteiger charge is -2.33. The zero-order valence-electron chi connectivity index (χ0n) is 16.0. The Balaban J connectivity index is 1.39. The first-order valence-corrected chi connectivity index (χ1v) is 11.7. The molecule has 7 heteroatoms. The summed E-state index contributed by atoms with van der Waals surface area (Å²) in [4.78, 5) is 14.9. The Hall–Kier alpha value is -1.60. The molecule has 0 spiro atoms. The monoisotopic (exact) mass is 391 g/mol. The summed E-state index contributed by atoms with van der Waals surface area (Å²) in [6.45, 7) is 5.10. The SMILES string of the molecule is Cc1cc(N2CCCS2(=O)=O)ccc1C(=O)N1CCC(NCC2CC2)CC1. The number of hydrogen-bond donors (Lipinski definition) is 1. The summed E-state index contributed by atoms with van der Waals surface area (Å²) in [5, 5.41) is 3.64. The van der Waals surface area contributed by atoms with E-state index in [0.717, 1.165) is 44.0 Å². The molecule has 2 heterocycles. The first-order chi connectivity index (χ1) is 12.9. The van der Waals surface area contributed by atoms with Crippen LogP contribution in [0.2, 0.25) is 0 Å². The van der Waals surface area contributed by atoms with Crippen molar-refractivity contribution in [2.45, 2.75) is 45.1 Å². The second-order valence-electron chi connectivity index (χ2n) is 8.16. The fourth-order valence-corrected chi connectivity index (χ4v) is 5.64. The molecule has 3 aliphatic rings. The van der Waals surface area contributed by atoms with Gasteiger partial charge in [0.2, 0.25) is 10.0 Å². The van der Waals surface area contributed by atoms with Gasteiger partial charge in [-0.15, -0.1) is 0 Å². The first kappa shape index (κ1) is 18.7. The van der Waals surface area contributed by atoms with Gasteiger partial charge in [-0.3, -0.25) is 9.10 Å². The number of sulfonamides is 1. The van der Waals surface area contributed by atoms with Crippen LogP contribution in [0.3, 0.4) is 0 Å². The van der Waals surface area contributed by atoms with Gasteiger partial charge in [-0.1, -0.05) is 0 Å². The predicted molar refractivity (Wildman–Crippen MR) is 107 cm³/mol. The lowest BCUT2D eigenvalue weighted by molar-refractivity contribution is 0.0704. The quantitative estimate of drug-likeness (QED) is 0.835. The average Bonchev–Trinajstić information content (AvgIpc) is 3.41. The molecule has 27 heavy (non-hydrogen) atoms. The van der Waals surface area contributed by atoms with Crippen LogP contribution >= 0.6 is 0 Å². The fourth-order valence-electron chi connectivity index (χ4n) is 4.08. The molecule has 3 fully saturated rings. The van der Waals surface area contributed by atoms with Gasteiger partial charge < -0.3 is 10.2 Å². The molecular weight excluding hydrogens is 362 g/mol. The van der Waals surface area contributed by atoms with Gasteiger partial charge in [0, 0.05) is 31.2 Å². The molecule has 0 aromatic heterocycles. The highest BCUT2D eigenvalue weighted by atomic mass is 32.2. The van der Waals surface area contributed by atoms with Gasteiger partial charge in [0.05, 0.1) is 11.4 Å². The van der Waals surface area contributed by atoms with Gasteiger partial charge in [0.25, 0.3) is 5.91 Å². The number of piperidine rings is 1. The number of carbonyl (C=O) groups excluding carboxylic acids is 1. The van der Waals surface area contributed by atoms with Crippen molar-refractivity contribution in [2.24, 2.45) is 5.92 Å². The van der Waals surface area contributed by atoms with E-state index in [4.69, 9.17) is 0 Å². The van der Waals surface area contributed by atoms with Crippen LogP contribution in [0.1, 0.15) is 48.0 Å². The van der Waals surface area contributed by atoms with Crippen LogP contribution in [0.4, 0.5) is 5.69 Å². The van der Waals surface area contributed by atoms with E-state index in [1.54, 1.807) is 12.1 Å². The van der Waals surface area contributed by atoms with E-state index in [-0.39, 0.29) is 11.7 Å². The smallest absolute Gasteiger partial charge is 0.254 e. The van der Waals surface area contributed by atoms with Crippen molar-refractivity contribution in [1.29, 1.82) is 0 Å². The fraction of sp³-hybridized carbons (Fsp3) is 0.650. The number of nitrogens with one attached hydrogen (secondary N) is 1. The molecule has 6 nitrogen and oxygen atoms in total. The van der Waals surface area contributed by atoms with Crippen LogP contribution < -0.4 is 9.62 Å². The molecule has 1 aliphatic carbocycles. The largest absolute Gasteiger partial charge is 0.339 e. The number of amides is 1. The van der Waals surface area contributed by atoms with Crippen molar-refractivity contribution in [1.82, 2.24) is 10.2 Å². The Bertz CT molecular complexity index is 812. The van der Waals surface area contributed by atoms with E-state index in [2.05, 4.69) is 5.32 Å². The van der Waals surface area contributed by atoms with E-state index < -0.39 is 10.0 Å². The molecule has 1 aromatic carbocycles. The molecular formula is C20H29N3O3S. The molecule has 1 amide bonds. The van der Waals surface area contributed by atoms with Crippen LogP contribution in [-0.2, 0) is 10.0 Å². The minimum atomic E-state index is -3.19. The molecule has 4 rings (SSSR count). The molecule has 0 unspecified atom stereocenters. The highest BCUT2D eigenvalue weighted by Crippen LogP contribution is 2.29. The van der Waals surface area contributed by atoms with E-state index in [9.17, 15) is 13.2 Å². The summed E-state index contributed by atoms with van der Waals surface area (Å²) in [5.41, 5.74) is 2.19. The summed E-state index contributed by atoms with van der Waals surface area (Å²) in [6, 6.07) is 5.92. The first-order valence-electron chi connectivity index (χ1n) is 10.1. The second-order valence-corrected chi connectivity index (χ2v) is 10.2. The lowest BCUT2D eigenvalue weighted by atomic mass is 10.0. The number of nitrogens with zero attached hydrogens (tertiary/aromatic N) is 2. The standard InChI is InChI=1S/C20H29N3O3S/c1-15-13-18(23-9-2-12-27(23,25)26)5-6-19(15)20(24)22-10-7-17(8-11-22)21-14-16-3-4-16/h5-6,13,16-17,21H,2-4,7-12,14H2,1H3. The van der Waals surface area contributed by atoms with E-state index in [1.165, 1.54) is 17.1 Å². The molecule has 1 aromatic rings. The van der Waals surface area contributed by atoms with Crippen LogP contribution in [-0.4, -0.2) is 57.2 Å². The summed E-state index contributed by atoms with van der Waals surface area (Å²) < 4.78 is 25.7. The molecule has 0 atom stereocenters. The number of rotatable bonds is 5. The zero-order chi connectivity index (χ0) is 19.0. The molecule has 0 bridgehead atoms. The Morgan fingerprint density at radius 2 is 1.89 bits per heavy atom. The molecule has 2 aliphatic heterocycles. The van der Waals surface area contributed by atoms with Crippen molar-refractivity contribution in [3.8, 4) is 0 Å². The highest BCUT2D eigenvalue weighted by Gasteiger charge is 2.30. The molecule has 148 valence electrons. The number of benzene rings is 1. The maximum Gasteiger partial charge on any atom is 0.254 e. The van der Waals surface area contributed by atoms with Crippen molar-refractivity contribution in [3.63, 3.8) is 0 Å². The van der Waals surface area contributed by atoms with Gasteiger partial charge >= 0.3 is 0 Å². The third-order valence-electron chi connectivity index (χ3n) is 6.00. The van der Waals surface area contributed by atoms with Gasteiger partial charge in [-0.2, -0.15) is 0 Å². The van der Waals surface area contributed by atoms with Gasteiger partial charge in [-0.05, 0) is 75.3 Å². The van der Waals surface area contributed by atoms with Gasteiger partial charge in [0.1, 0.15) is 0 Å². The zero-order valence-corrected chi connectivity index (χ0v) is 16.8. The van der Waals surface area contributed by atoms with Crippen molar-refractivity contribution >= 4 is 21.6 Å². The van der Waals surface area contributed by atoms with E-state index in [0.29, 0.717) is 30.3 Å². The number of aryl methyl sites for hydroxylation is 1. The summed E-state index contributed by atoms with van der Waals surface area (Å²) >= 11 is 0. The van der Waals surface area contributed by atoms with Crippen molar-refractivity contribution in [3.05, 3.63) is 29.3 Å². The summed E-state index contributed by atoms with van der Waals surface area (Å²) in [6.07, 6.45) is 5.38. The maximum absolute atomic E-state index is 12.9. The topological polar surface area (TPSA) is 69.7 Å². The number of likely N-dealkylation sites (tertiary alicyclic amines) is 1. The number of hydrogen-bond acceptors (Lipinski definition) is 4. The molecule has 0 radical (unpaired) electrons. The number of anilines is 1. The Labute approximate surface area is 162 Å². The Morgan fingerprint density at radius 1 is 1.15 bits per heavy atom. The van der Waals surface area contributed by atoms with Crippen LogP contribution in [0.25, 0.3) is 0 Å². The molecule has 2 saturated heterocycles. The lowest BCUT2D eigenvalue weighted by Crippen LogP contribution is -2.45. The highest BCUT2D eigenvalue weighted by molar-refractivity contribution is 7.93. The predicted octanol–water partition coefficient (Wildman–Crippen LogP) is 2.14. The van der Waals surface area contributed by atoms with E-state index >= 15 is 0 Å². The average molecular weight is 392 g/mol. The van der Waals surface area contributed by atoms with Crippen molar-refractivity contribution < 1.29 is 13.2 Å². The molecule has 1 N–H and O–H groups in total. The van der Waals surface area contributed by atoms with Crippen LogP contribution in [0, 0.1) is 12.8 Å². The van der Waals surface area contributed by atoms with E-state index in [1.807, 2.05) is 17.9 Å². The third kappa shape index (κ3) is 4.14.